The number of aliphatic hydroxyl groups is 2. The molecular weight excluding hydrogens is 531 g/mol. The Labute approximate surface area is 231 Å². The summed E-state index contributed by atoms with van der Waals surface area (Å²) < 4.78 is 6.12. The van der Waals surface area contributed by atoms with Gasteiger partial charge in [-0.15, -0.1) is 0 Å². The number of rotatable bonds is 10. The van der Waals surface area contributed by atoms with Crippen LogP contribution < -0.4 is 10.1 Å². The van der Waals surface area contributed by atoms with E-state index in [1.54, 1.807) is 30.3 Å². The number of ether oxygens (including phenoxy) is 1. The van der Waals surface area contributed by atoms with Crippen LogP contribution in [0, 0.1) is 0 Å². The number of carbonyl (C=O) groups excluding carboxylic acids is 3. The quantitative estimate of drug-likeness (QED) is 0.410. The second-order valence-corrected chi connectivity index (χ2v) is 10.3. The highest BCUT2D eigenvalue weighted by molar-refractivity contribution is 6.42. The minimum absolute atomic E-state index is 0.0192. The molecule has 2 aromatic carbocycles. The highest BCUT2D eigenvalue weighted by Crippen LogP contribution is 2.47. The lowest BCUT2D eigenvalue weighted by molar-refractivity contribution is -0.138. The number of Topliss-reactive ketones (excluding diaryl/α,β-unsaturated/α-hetero) is 1. The van der Waals surface area contributed by atoms with E-state index in [1.807, 2.05) is 18.2 Å². The van der Waals surface area contributed by atoms with Crippen LogP contribution in [0.4, 0.5) is 0 Å². The number of halogens is 2. The summed E-state index contributed by atoms with van der Waals surface area (Å²) in [5.41, 5.74) is 1.80. The van der Waals surface area contributed by atoms with Crippen molar-refractivity contribution in [2.75, 3.05) is 13.2 Å². The topological polar surface area (TPSA) is 116 Å². The molecule has 2 aliphatic rings. The van der Waals surface area contributed by atoms with Crippen LogP contribution in [0.25, 0.3) is 0 Å². The molecule has 2 amide bonds. The molecule has 0 radical (unpaired) electrons. The molecule has 0 bridgehead atoms. The molecule has 0 fully saturated rings. The Morgan fingerprint density at radius 3 is 2.55 bits per heavy atom. The maximum absolute atomic E-state index is 13.5. The van der Waals surface area contributed by atoms with E-state index in [9.17, 15) is 24.6 Å². The minimum atomic E-state index is -1.15. The first-order valence-electron chi connectivity index (χ1n) is 12.5. The fourth-order valence-corrected chi connectivity index (χ4v) is 5.34. The first-order chi connectivity index (χ1) is 18.2. The molecule has 0 saturated heterocycles. The van der Waals surface area contributed by atoms with Crippen molar-refractivity contribution >= 4 is 40.8 Å². The summed E-state index contributed by atoms with van der Waals surface area (Å²) >= 11 is 12.3. The number of nitrogens with zero attached hydrogens (tertiary/aromatic N) is 1. The molecule has 4 atom stereocenters. The SMILES string of the molecule is CC(=O)CCCC(=O)N(Cc1ccc(Cl)c(Cl)c1)C1C=C(C(=O)NCCO)C2c3ccccc3OC2C1O. The number of para-hydroxylation sites is 1. The van der Waals surface area contributed by atoms with Crippen molar-refractivity contribution in [1.29, 1.82) is 0 Å². The van der Waals surface area contributed by atoms with Crippen molar-refractivity contribution in [3.05, 3.63) is 75.3 Å². The van der Waals surface area contributed by atoms with Crippen molar-refractivity contribution in [3.63, 3.8) is 0 Å². The molecule has 38 heavy (non-hydrogen) atoms. The van der Waals surface area contributed by atoms with Crippen LogP contribution in [-0.2, 0) is 20.9 Å². The zero-order valence-electron chi connectivity index (χ0n) is 20.9. The molecule has 2 aromatic rings. The van der Waals surface area contributed by atoms with E-state index in [0.717, 1.165) is 5.56 Å². The highest BCUT2D eigenvalue weighted by atomic mass is 35.5. The van der Waals surface area contributed by atoms with Crippen LogP contribution >= 0.6 is 23.2 Å². The number of ketones is 1. The third-order valence-corrected chi connectivity index (χ3v) is 7.55. The summed E-state index contributed by atoms with van der Waals surface area (Å²) in [6.07, 6.45) is 0.354. The van der Waals surface area contributed by atoms with E-state index in [1.165, 1.54) is 11.8 Å². The summed E-state index contributed by atoms with van der Waals surface area (Å²) in [7, 11) is 0. The van der Waals surface area contributed by atoms with E-state index < -0.39 is 30.1 Å². The van der Waals surface area contributed by atoms with Gasteiger partial charge >= 0.3 is 0 Å². The molecule has 3 N–H and O–H groups in total. The number of hydrogen-bond acceptors (Lipinski definition) is 6. The molecule has 0 saturated carbocycles. The average molecular weight is 561 g/mol. The lowest BCUT2D eigenvalue weighted by Gasteiger charge is -2.41. The predicted octanol–water partition coefficient (Wildman–Crippen LogP) is 3.40. The van der Waals surface area contributed by atoms with Gasteiger partial charge in [-0.3, -0.25) is 9.59 Å². The highest BCUT2D eigenvalue weighted by Gasteiger charge is 2.50. The maximum Gasteiger partial charge on any atom is 0.247 e. The van der Waals surface area contributed by atoms with Crippen LogP contribution in [0.15, 0.2) is 54.1 Å². The van der Waals surface area contributed by atoms with Crippen LogP contribution in [0.5, 0.6) is 5.75 Å². The van der Waals surface area contributed by atoms with Crippen molar-refractivity contribution in [2.45, 2.75) is 56.9 Å². The molecule has 202 valence electrons. The third kappa shape index (κ3) is 6.04. The smallest absolute Gasteiger partial charge is 0.247 e. The average Bonchev–Trinajstić information content (AvgIpc) is 3.28. The molecule has 8 nitrogen and oxygen atoms in total. The standard InChI is InChI=1S/C28H30Cl2N2O6/c1-16(34)5-4-8-24(35)32(15-17-9-10-20(29)21(30)13-17)22-14-19(28(37)31-11-12-33)25-18-6-2-3-7-23(18)38-27(25)26(22)36/h2-3,6-7,9-10,13-14,22,25-27,33,36H,4-5,8,11-12,15H2,1H3,(H,31,37). The third-order valence-electron chi connectivity index (χ3n) is 6.81. The summed E-state index contributed by atoms with van der Waals surface area (Å²) in [5.74, 6) is -0.705. The van der Waals surface area contributed by atoms with Gasteiger partial charge in [0.1, 0.15) is 23.7 Å². The molecule has 1 aliphatic carbocycles. The minimum Gasteiger partial charge on any atom is -0.486 e. The first-order valence-corrected chi connectivity index (χ1v) is 13.2. The zero-order chi connectivity index (χ0) is 27.4. The van der Waals surface area contributed by atoms with Gasteiger partial charge in [-0.1, -0.05) is 47.5 Å². The van der Waals surface area contributed by atoms with E-state index in [4.69, 9.17) is 27.9 Å². The fourth-order valence-electron chi connectivity index (χ4n) is 5.02. The summed E-state index contributed by atoms with van der Waals surface area (Å²) in [4.78, 5) is 39.7. The Kier molecular flexibility index (Phi) is 9.10. The number of aliphatic hydroxyl groups excluding tert-OH is 2. The van der Waals surface area contributed by atoms with E-state index in [-0.39, 0.29) is 44.2 Å². The lowest BCUT2D eigenvalue weighted by Crippen LogP contribution is -2.55. The lowest BCUT2D eigenvalue weighted by atomic mass is 9.77. The van der Waals surface area contributed by atoms with Crippen molar-refractivity contribution in [3.8, 4) is 5.75 Å². The Bertz CT molecular complexity index is 1250. The van der Waals surface area contributed by atoms with Crippen molar-refractivity contribution < 1.29 is 29.3 Å². The van der Waals surface area contributed by atoms with Gasteiger partial charge in [0.25, 0.3) is 0 Å². The zero-order valence-corrected chi connectivity index (χ0v) is 22.4. The van der Waals surface area contributed by atoms with Crippen molar-refractivity contribution in [2.24, 2.45) is 0 Å². The molecule has 4 unspecified atom stereocenters. The van der Waals surface area contributed by atoms with Gasteiger partial charge in [-0.2, -0.15) is 0 Å². The Hall–Kier alpha value is -2.91. The second-order valence-electron chi connectivity index (χ2n) is 9.51. The monoisotopic (exact) mass is 560 g/mol. The Morgan fingerprint density at radius 1 is 1.08 bits per heavy atom. The first kappa shape index (κ1) is 28.1. The van der Waals surface area contributed by atoms with Crippen molar-refractivity contribution in [1.82, 2.24) is 10.2 Å². The summed E-state index contributed by atoms with van der Waals surface area (Å²) in [6.45, 7) is 1.38. The molecule has 0 aromatic heterocycles. The number of hydrogen-bond donors (Lipinski definition) is 3. The number of carbonyl (C=O) groups is 3. The fraction of sp³-hybridized carbons (Fsp3) is 0.393. The Morgan fingerprint density at radius 2 is 1.84 bits per heavy atom. The molecule has 4 rings (SSSR count). The van der Waals surface area contributed by atoms with Crippen LogP contribution in [0.1, 0.15) is 43.2 Å². The molecule has 10 heteroatoms. The molecule has 1 aliphatic heterocycles. The number of nitrogens with one attached hydrogen (secondary N) is 1. The number of benzene rings is 2. The van der Waals surface area contributed by atoms with Crippen LogP contribution in [0.2, 0.25) is 10.0 Å². The van der Waals surface area contributed by atoms with Gasteiger partial charge in [-0.25, -0.2) is 0 Å². The normalized spacial score (nSPS) is 21.6. The largest absolute Gasteiger partial charge is 0.486 e. The second kappa shape index (κ2) is 12.3. The summed E-state index contributed by atoms with van der Waals surface area (Å²) in [5, 5.41) is 24.2. The van der Waals surface area contributed by atoms with E-state index in [2.05, 4.69) is 5.32 Å². The van der Waals surface area contributed by atoms with Crippen LogP contribution in [0.3, 0.4) is 0 Å². The van der Waals surface area contributed by atoms with Gasteiger partial charge in [0.05, 0.1) is 28.6 Å². The van der Waals surface area contributed by atoms with Gasteiger partial charge in [0.15, 0.2) is 0 Å². The van der Waals surface area contributed by atoms with Gasteiger partial charge in [-0.05, 0) is 43.2 Å². The Balaban J connectivity index is 1.73. The molecule has 1 heterocycles. The van der Waals surface area contributed by atoms with Gasteiger partial charge in [0, 0.05) is 37.1 Å². The molecule has 0 spiro atoms. The van der Waals surface area contributed by atoms with E-state index >= 15 is 0 Å². The van der Waals surface area contributed by atoms with E-state index in [0.29, 0.717) is 33.4 Å². The maximum atomic E-state index is 13.5. The summed E-state index contributed by atoms with van der Waals surface area (Å²) in [6, 6.07) is 11.4. The molecular formula is C28H30Cl2N2O6. The predicted molar refractivity (Wildman–Crippen MR) is 143 cm³/mol. The number of fused-ring (bicyclic) bond motifs is 3. The van der Waals surface area contributed by atoms with Gasteiger partial charge in [0.2, 0.25) is 11.8 Å². The number of amides is 2. The van der Waals surface area contributed by atoms with Gasteiger partial charge < -0.3 is 30.0 Å². The van der Waals surface area contributed by atoms with Crippen LogP contribution in [-0.4, -0.2) is 64.1 Å².